The molecule has 0 aliphatic rings. The first-order chi connectivity index (χ1) is 9.40. The van der Waals surface area contributed by atoms with Crippen molar-refractivity contribution in [3.05, 3.63) is 29.8 Å². The Hall–Kier alpha value is -1.24. The molecule has 2 N–H and O–H groups in total. The van der Waals surface area contributed by atoms with E-state index in [-0.39, 0.29) is 29.7 Å². The largest absolute Gasteiger partial charge is 0.396 e. The first-order valence-corrected chi connectivity index (χ1v) is 8.10. The zero-order valence-electron chi connectivity index (χ0n) is 11.8. The number of carbonyl (C=O) groups excluding carboxylic acids is 1. The van der Waals surface area contributed by atoms with Crippen LogP contribution in [0.2, 0.25) is 0 Å². The minimum atomic E-state index is -3.62. The normalized spacial score (nSPS) is 13.2. The van der Waals surface area contributed by atoms with E-state index in [2.05, 4.69) is 4.72 Å². The summed E-state index contributed by atoms with van der Waals surface area (Å²) in [4.78, 5) is 11.4. The molecule has 0 fully saturated rings. The van der Waals surface area contributed by atoms with E-state index in [0.717, 1.165) is 6.42 Å². The highest BCUT2D eigenvalue weighted by atomic mass is 32.2. The number of aliphatic hydroxyl groups excluding tert-OH is 1. The van der Waals surface area contributed by atoms with E-state index in [9.17, 15) is 13.2 Å². The van der Waals surface area contributed by atoms with Gasteiger partial charge in [0.15, 0.2) is 5.78 Å². The Morgan fingerprint density at radius 1 is 1.40 bits per heavy atom. The number of aliphatic hydroxyl groups is 1. The summed E-state index contributed by atoms with van der Waals surface area (Å²) in [6.45, 7) is 3.67. The monoisotopic (exact) mass is 299 g/mol. The molecule has 0 amide bonds. The van der Waals surface area contributed by atoms with Crippen LogP contribution in [0, 0.1) is 5.92 Å². The summed E-state index contributed by atoms with van der Waals surface area (Å²) in [5.74, 6) is -0.0699. The Balaban J connectivity index is 2.83. The number of hydrogen-bond donors (Lipinski definition) is 2. The Morgan fingerprint density at radius 2 is 2.10 bits per heavy atom. The third-order valence-corrected chi connectivity index (χ3v) is 4.65. The maximum atomic E-state index is 12.1. The zero-order valence-corrected chi connectivity index (χ0v) is 12.6. The van der Waals surface area contributed by atoms with Crippen LogP contribution in [0.3, 0.4) is 0 Å². The average Bonchev–Trinajstić information content (AvgIpc) is 2.43. The molecule has 1 atom stereocenters. The highest BCUT2D eigenvalue weighted by Crippen LogP contribution is 2.13. The Bertz CT molecular complexity index is 554. The number of sulfonamides is 1. The number of Topliss-reactive ketones (excluding diaryl/α,β-unsaturated/α-hetero) is 1. The summed E-state index contributed by atoms with van der Waals surface area (Å²) >= 11 is 0. The van der Waals surface area contributed by atoms with Crippen LogP contribution in [-0.4, -0.2) is 32.5 Å². The summed E-state index contributed by atoms with van der Waals surface area (Å²) in [6, 6.07) is 5.97. The average molecular weight is 299 g/mol. The zero-order chi connectivity index (χ0) is 15.2. The minimum Gasteiger partial charge on any atom is -0.396 e. The smallest absolute Gasteiger partial charge is 0.240 e. The van der Waals surface area contributed by atoms with Crippen LogP contribution < -0.4 is 4.72 Å². The molecule has 6 heteroatoms. The van der Waals surface area contributed by atoms with Gasteiger partial charge in [0.05, 0.1) is 4.90 Å². The highest BCUT2D eigenvalue weighted by Gasteiger charge is 2.17. The van der Waals surface area contributed by atoms with Crippen LogP contribution in [-0.2, 0) is 10.0 Å². The predicted molar refractivity (Wildman–Crippen MR) is 77.1 cm³/mol. The van der Waals surface area contributed by atoms with Crippen molar-refractivity contribution in [3.8, 4) is 0 Å². The third-order valence-electron chi connectivity index (χ3n) is 3.23. The fourth-order valence-electron chi connectivity index (χ4n) is 1.83. The van der Waals surface area contributed by atoms with Gasteiger partial charge < -0.3 is 5.11 Å². The van der Waals surface area contributed by atoms with Crippen molar-refractivity contribution in [1.29, 1.82) is 0 Å². The molecule has 1 aromatic rings. The first-order valence-electron chi connectivity index (χ1n) is 6.62. The van der Waals surface area contributed by atoms with Gasteiger partial charge in [-0.2, -0.15) is 0 Å². The lowest BCUT2D eigenvalue weighted by molar-refractivity contribution is 0.101. The standard InChI is InChI=1S/C14H21NO4S/c1-3-12(7-8-16)10-15-20(18,19)14-6-4-5-13(9-14)11(2)17/h4-6,9,12,15-16H,3,7-8,10H2,1-2H3. The quantitative estimate of drug-likeness (QED) is 0.714. The van der Waals surface area contributed by atoms with Crippen molar-refractivity contribution in [2.24, 2.45) is 5.92 Å². The third kappa shape index (κ3) is 4.70. The highest BCUT2D eigenvalue weighted by molar-refractivity contribution is 7.89. The van der Waals surface area contributed by atoms with Crippen LogP contribution in [0.15, 0.2) is 29.2 Å². The Kier molecular flexibility index (Phi) is 6.32. The minimum absolute atomic E-state index is 0.0417. The maximum absolute atomic E-state index is 12.1. The lowest BCUT2D eigenvalue weighted by Gasteiger charge is -2.14. The van der Waals surface area contributed by atoms with Gasteiger partial charge in [0, 0.05) is 18.7 Å². The van der Waals surface area contributed by atoms with Crippen molar-refractivity contribution >= 4 is 15.8 Å². The molecule has 1 unspecified atom stereocenters. The summed E-state index contributed by atoms with van der Waals surface area (Å²) in [6.07, 6.45) is 1.35. The topological polar surface area (TPSA) is 83.5 Å². The molecule has 0 bridgehead atoms. The summed E-state index contributed by atoms with van der Waals surface area (Å²) in [5, 5.41) is 8.90. The van der Waals surface area contributed by atoms with Gasteiger partial charge in [-0.1, -0.05) is 25.5 Å². The molecule has 0 saturated carbocycles. The molecule has 0 saturated heterocycles. The SMILES string of the molecule is CCC(CCO)CNS(=O)(=O)c1cccc(C(C)=O)c1. The van der Waals surface area contributed by atoms with Gasteiger partial charge in [-0.25, -0.2) is 13.1 Å². The fraction of sp³-hybridized carbons (Fsp3) is 0.500. The molecule has 0 aliphatic heterocycles. The number of nitrogens with one attached hydrogen (secondary N) is 1. The first kappa shape index (κ1) is 16.8. The molecule has 20 heavy (non-hydrogen) atoms. The summed E-state index contributed by atoms with van der Waals surface area (Å²) < 4.78 is 26.8. The fourth-order valence-corrected chi connectivity index (χ4v) is 2.99. The van der Waals surface area contributed by atoms with Crippen molar-refractivity contribution in [3.63, 3.8) is 0 Å². The molecule has 112 valence electrons. The molecule has 0 heterocycles. The van der Waals surface area contributed by atoms with Crippen molar-refractivity contribution < 1.29 is 18.3 Å². The second kappa shape index (κ2) is 7.52. The number of carbonyl (C=O) groups is 1. The predicted octanol–water partition coefficient (Wildman–Crippen LogP) is 1.58. The number of ketones is 1. The molecule has 1 rings (SSSR count). The number of benzene rings is 1. The molecule has 0 radical (unpaired) electrons. The van der Waals surface area contributed by atoms with E-state index in [1.165, 1.54) is 19.1 Å². The lowest BCUT2D eigenvalue weighted by Crippen LogP contribution is -2.29. The number of rotatable bonds is 8. The van der Waals surface area contributed by atoms with Crippen molar-refractivity contribution in [1.82, 2.24) is 4.72 Å². The second-order valence-electron chi connectivity index (χ2n) is 4.72. The van der Waals surface area contributed by atoms with Crippen molar-refractivity contribution in [2.45, 2.75) is 31.6 Å². The molecule has 1 aromatic carbocycles. The lowest BCUT2D eigenvalue weighted by atomic mass is 10.0. The van der Waals surface area contributed by atoms with Gasteiger partial charge >= 0.3 is 0 Å². The van der Waals surface area contributed by atoms with Gasteiger partial charge in [0.25, 0.3) is 0 Å². The Labute approximate surface area is 120 Å². The second-order valence-corrected chi connectivity index (χ2v) is 6.49. The van der Waals surface area contributed by atoms with E-state index < -0.39 is 10.0 Å². The maximum Gasteiger partial charge on any atom is 0.240 e. The van der Waals surface area contributed by atoms with E-state index in [1.807, 2.05) is 6.92 Å². The van der Waals surface area contributed by atoms with E-state index in [0.29, 0.717) is 12.0 Å². The molecular weight excluding hydrogens is 278 g/mol. The van der Waals surface area contributed by atoms with Gasteiger partial charge in [0.2, 0.25) is 10.0 Å². The van der Waals surface area contributed by atoms with Crippen molar-refractivity contribution in [2.75, 3.05) is 13.2 Å². The molecule has 0 aliphatic carbocycles. The van der Waals surface area contributed by atoms with E-state index >= 15 is 0 Å². The van der Waals surface area contributed by atoms with Crippen LogP contribution in [0.25, 0.3) is 0 Å². The van der Waals surface area contributed by atoms with Crippen LogP contribution in [0.1, 0.15) is 37.0 Å². The van der Waals surface area contributed by atoms with Gasteiger partial charge in [-0.3, -0.25) is 4.79 Å². The Morgan fingerprint density at radius 3 is 2.65 bits per heavy atom. The van der Waals surface area contributed by atoms with E-state index in [4.69, 9.17) is 5.11 Å². The van der Waals surface area contributed by atoms with Gasteiger partial charge in [0.1, 0.15) is 0 Å². The van der Waals surface area contributed by atoms with Gasteiger partial charge in [-0.15, -0.1) is 0 Å². The van der Waals surface area contributed by atoms with Crippen LogP contribution in [0.4, 0.5) is 0 Å². The molecule has 5 nitrogen and oxygen atoms in total. The molecular formula is C14H21NO4S. The molecule has 0 spiro atoms. The summed E-state index contributed by atoms with van der Waals surface area (Å²) in [7, 11) is -3.62. The van der Waals surface area contributed by atoms with Crippen LogP contribution in [0.5, 0.6) is 0 Å². The number of hydrogen-bond acceptors (Lipinski definition) is 4. The van der Waals surface area contributed by atoms with E-state index in [1.54, 1.807) is 12.1 Å². The van der Waals surface area contributed by atoms with Gasteiger partial charge in [-0.05, 0) is 31.4 Å². The summed E-state index contributed by atoms with van der Waals surface area (Å²) in [5.41, 5.74) is 0.371. The molecule has 0 aromatic heterocycles. The van der Waals surface area contributed by atoms with Crippen LogP contribution >= 0.6 is 0 Å².